The topological polar surface area (TPSA) is 99.7 Å². The molecule has 164 valence electrons. The minimum absolute atomic E-state index is 0.372. The van der Waals surface area contributed by atoms with Gasteiger partial charge in [0.2, 0.25) is 0 Å². The van der Waals surface area contributed by atoms with Gasteiger partial charge in [0.1, 0.15) is 11.4 Å². The molecule has 0 unspecified atom stereocenters. The highest BCUT2D eigenvalue weighted by atomic mass is 19.4. The molecule has 0 saturated carbocycles. The van der Waals surface area contributed by atoms with Gasteiger partial charge in [-0.05, 0) is 39.3 Å². The van der Waals surface area contributed by atoms with E-state index in [0.717, 1.165) is 12.3 Å². The molecule has 0 aliphatic rings. The molecule has 0 bridgehead atoms. The maximum Gasteiger partial charge on any atom is 0.417 e. The highest BCUT2D eigenvalue weighted by Crippen LogP contribution is 2.28. The van der Waals surface area contributed by atoms with Crippen LogP contribution in [0.4, 0.5) is 23.8 Å². The first kappa shape index (κ1) is 24.3. The molecule has 1 aromatic rings. The van der Waals surface area contributed by atoms with Crippen molar-refractivity contribution in [3.05, 3.63) is 23.9 Å². The molecule has 1 amide bonds. The molecule has 0 atom stereocenters. The van der Waals surface area contributed by atoms with Gasteiger partial charge in [0, 0.05) is 39.4 Å². The van der Waals surface area contributed by atoms with Crippen LogP contribution < -0.4 is 21.3 Å². The molecule has 0 spiro atoms. The highest BCUT2D eigenvalue weighted by molar-refractivity contribution is 5.79. The first-order chi connectivity index (χ1) is 13.5. The molecule has 0 saturated heterocycles. The van der Waals surface area contributed by atoms with Crippen LogP contribution in [-0.2, 0) is 10.9 Å². The summed E-state index contributed by atoms with van der Waals surface area (Å²) in [6.07, 6.45) is -3.37. The van der Waals surface area contributed by atoms with Gasteiger partial charge in [-0.2, -0.15) is 13.2 Å². The highest BCUT2D eigenvalue weighted by Gasteiger charge is 2.30. The van der Waals surface area contributed by atoms with E-state index in [1.165, 1.54) is 6.07 Å². The minimum atomic E-state index is -4.39. The second kappa shape index (κ2) is 11.3. The largest absolute Gasteiger partial charge is 0.444 e. The third-order valence-corrected chi connectivity index (χ3v) is 3.35. The van der Waals surface area contributed by atoms with Crippen molar-refractivity contribution in [2.45, 2.75) is 39.0 Å². The van der Waals surface area contributed by atoms with Crippen molar-refractivity contribution >= 4 is 17.9 Å². The second-order valence-electron chi connectivity index (χ2n) is 7.06. The predicted molar refractivity (Wildman–Crippen MR) is 106 cm³/mol. The van der Waals surface area contributed by atoms with E-state index in [4.69, 9.17) is 4.74 Å². The third-order valence-electron chi connectivity index (χ3n) is 3.35. The van der Waals surface area contributed by atoms with E-state index in [1.807, 2.05) is 0 Å². The summed E-state index contributed by atoms with van der Waals surface area (Å²) in [5.74, 6) is 0.956. The zero-order valence-electron chi connectivity index (χ0n) is 17.1. The Bertz CT molecular complexity index is 657. The quantitative estimate of drug-likeness (QED) is 0.294. The lowest BCUT2D eigenvalue weighted by Crippen LogP contribution is -2.42. The van der Waals surface area contributed by atoms with Crippen LogP contribution in [0, 0.1) is 0 Å². The lowest BCUT2D eigenvalue weighted by atomic mass is 10.2. The number of nitrogens with one attached hydrogen (secondary N) is 4. The van der Waals surface area contributed by atoms with Crippen molar-refractivity contribution in [3.8, 4) is 0 Å². The number of hydrogen-bond donors (Lipinski definition) is 4. The summed E-state index contributed by atoms with van der Waals surface area (Å²) in [5, 5.41) is 11.7. The fraction of sp³-hybridized carbons (Fsp3) is 0.611. The molecule has 8 nitrogen and oxygen atoms in total. The Labute approximate surface area is 168 Å². The normalized spacial score (nSPS) is 12.3. The Kier molecular flexibility index (Phi) is 9.49. The maximum absolute atomic E-state index is 12.5. The summed E-state index contributed by atoms with van der Waals surface area (Å²) >= 11 is 0. The van der Waals surface area contributed by atoms with Crippen LogP contribution in [0.5, 0.6) is 0 Å². The van der Waals surface area contributed by atoms with Crippen LogP contribution >= 0.6 is 0 Å². The number of carbonyl (C=O) groups is 1. The molecule has 1 heterocycles. The number of amides is 1. The lowest BCUT2D eigenvalue weighted by molar-refractivity contribution is -0.137. The number of alkyl carbamates (subject to hydrolysis) is 1. The standard InChI is InChI=1S/C18H29F3N6O2/c1-17(2,3)29-16(28)26-11-10-25-15(22-4)24-9-5-8-23-14-7-6-13(12-27-14)18(19,20)21/h6-7,12H,5,8-11H2,1-4H3,(H,23,27)(H,26,28)(H2,22,24,25). The zero-order valence-corrected chi connectivity index (χ0v) is 17.1. The van der Waals surface area contributed by atoms with E-state index in [0.29, 0.717) is 44.4 Å². The molecule has 1 rings (SSSR count). The number of alkyl halides is 3. The van der Waals surface area contributed by atoms with Crippen LogP contribution in [0.2, 0.25) is 0 Å². The first-order valence-corrected chi connectivity index (χ1v) is 9.20. The summed E-state index contributed by atoms with van der Waals surface area (Å²) in [4.78, 5) is 19.3. The molecule has 0 aromatic carbocycles. The van der Waals surface area contributed by atoms with Crippen molar-refractivity contribution in [2.75, 3.05) is 38.5 Å². The fourth-order valence-corrected chi connectivity index (χ4v) is 2.06. The van der Waals surface area contributed by atoms with Crippen molar-refractivity contribution in [3.63, 3.8) is 0 Å². The molecule has 0 fully saturated rings. The summed E-state index contributed by atoms with van der Waals surface area (Å²) in [7, 11) is 1.63. The summed E-state index contributed by atoms with van der Waals surface area (Å²) in [5.41, 5.74) is -1.32. The van der Waals surface area contributed by atoms with E-state index in [9.17, 15) is 18.0 Å². The number of anilines is 1. The van der Waals surface area contributed by atoms with Gasteiger partial charge >= 0.3 is 12.3 Å². The second-order valence-corrected chi connectivity index (χ2v) is 7.06. The monoisotopic (exact) mass is 418 g/mol. The number of rotatable bonds is 8. The molecule has 1 aromatic heterocycles. The van der Waals surface area contributed by atoms with Gasteiger partial charge in [-0.1, -0.05) is 0 Å². The predicted octanol–water partition coefficient (Wildman–Crippen LogP) is 2.59. The summed E-state index contributed by atoms with van der Waals surface area (Å²) in [6, 6.07) is 2.29. The number of aliphatic imine (C=N–C) groups is 1. The Balaban J connectivity index is 2.17. The molecule has 29 heavy (non-hydrogen) atoms. The van der Waals surface area contributed by atoms with Crippen LogP contribution in [0.15, 0.2) is 23.3 Å². The number of aromatic nitrogens is 1. The number of ether oxygens (including phenoxy) is 1. The number of guanidine groups is 1. The SMILES string of the molecule is CN=C(NCCCNc1ccc(C(F)(F)F)cn1)NCCNC(=O)OC(C)(C)C. The fourth-order valence-electron chi connectivity index (χ4n) is 2.06. The van der Waals surface area contributed by atoms with E-state index in [-0.39, 0.29) is 0 Å². The Morgan fingerprint density at radius 3 is 2.28 bits per heavy atom. The minimum Gasteiger partial charge on any atom is -0.444 e. The summed E-state index contributed by atoms with van der Waals surface area (Å²) < 4.78 is 42.6. The number of carbonyl (C=O) groups excluding carboxylic acids is 1. The molecular formula is C18H29F3N6O2. The van der Waals surface area contributed by atoms with Gasteiger partial charge in [0.15, 0.2) is 5.96 Å². The average Bonchev–Trinajstić information content (AvgIpc) is 2.61. The first-order valence-electron chi connectivity index (χ1n) is 9.20. The Morgan fingerprint density at radius 2 is 1.72 bits per heavy atom. The van der Waals surface area contributed by atoms with Crippen molar-refractivity contribution < 1.29 is 22.7 Å². The van der Waals surface area contributed by atoms with Crippen molar-refractivity contribution in [1.29, 1.82) is 0 Å². The number of nitrogens with zero attached hydrogens (tertiary/aromatic N) is 2. The molecule has 0 aliphatic carbocycles. The van der Waals surface area contributed by atoms with Gasteiger partial charge < -0.3 is 26.0 Å². The zero-order chi connectivity index (χ0) is 21.9. The van der Waals surface area contributed by atoms with Crippen LogP contribution in [0.1, 0.15) is 32.8 Å². The number of halogens is 3. The van der Waals surface area contributed by atoms with E-state index >= 15 is 0 Å². The van der Waals surface area contributed by atoms with Crippen LogP contribution in [-0.4, -0.2) is 55.9 Å². The van der Waals surface area contributed by atoms with Gasteiger partial charge in [-0.15, -0.1) is 0 Å². The summed E-state index contributed by atoms with van der Waals surface area (Å²) in [6.45, 7) is 7.33. The molecule has 4 N–H and O–H groups in total. The Morgan fingerprint density at radius 1 is 1.07 bits per heavy atom. The lowest BCUT2D eigenvalue weighted by Gasteiger charge is -2.20. The van der Waals surface area contributed by atoms with Crippen molar-refractivity contribution in [2.24, 2.45) is 4.99 Å². The molecule has 11 heteroatoms. The number of hydrogen-bond acceptors (Lipinski definition) is 5. The van der Waals surface area contributed by atoms with Gasteiger partial charge in [0.05, 0.1) is 5.56 Å². The van der Waals surface area contributed by atoms with Crippen LogP contribution in [0.25, 0.3) is 0 Å². The molecule has 0 aliphatic heterocycles. The average molecular weight is 418 g/mol. The van der Waals surface area contributed by atoms with Gasteiger partial charge in [-0.25, -0.2) is 9.78 Å². The van der Waals surface area contributed by atoms with Crippen LogP contribution in [0.3, 0.4) is 0 Å². The smallest absolute Gasteiger partial charge is 0.417 e. The van der Waals surface area contributed by atoms with E-state index in [1.54, 1.807) is 27.8 Å². The third kappa shape index (κ3) is 11.0. The van der Waals surface area contributed by atoms with E-state index in [2.05, 4.69) is 31.2 Å². The van der Waals surface area contributed by atoms with Gasteiger partial charge in [0.25, 0.3) is 0 Å². The number of pyridine rings is 1. The molecule has 0 radical (unpaired) electrons. The van der Waals surface area contributed by atoms with Crippen molar-refractivity contribution in [1.82, 2.24) is 20.9 Å². The Hall–Kier alpha value is -2.72. The van der Waals surface area contributed by atoms with Gasteiger partial charge in [-0.3, -0.25) is 4.99 Å². The van der Waals surface area contributed by atoms with E-state index < -0.39 is 23.4 Å². The maximum atomic E-state index is 12.5. The molecular weight excluding hydrogens is 389 g/mol.